The molecule has 158 valence electrons. The van der Waals surface area contributed by atoms with Crippen LogP contribution in [0.5, 0.6) is 0 Å². The molecule has 0 saturated heterocycles. The number of hydrogen-bond acceptors (Lipinski definition) is 6. The van der Waals surface area contributed by atoms with Gasteiger partial charge in [-0.25, -0.2) is 22.5 Å². The van der Waals surface area contributed by atoms with Crippen LogP contribution in [-0.2, 0) is 23.0 Å². The number of aryl methyl sites for hydroxylation is 1. The van der Waals surface area contributed by atoms with Crippen LogP contribution >= 0.6 is 11.3 Å². The van der Waals surface area contributed by atoms with Gasteiger partial charge in [-0.1, -0.05) is 48.5 Å². The number of benzene rings is 2. The van der Waals surface area contributed by atoms with Gasteiger partial charge in [-0.2, -0.15) is 0 Å². The lowest BCUT2D eigenvalue weighted by molar-refractivity contribution is 0.0977. The van der Waals surface area contributed by atoms with Crippen molar-refractivity contribution in [1.29, 1.82) is 0 Å². The summed E-state index contributed by atoms with van der Waals surface area (Å²) < 4.78 is 38.8. The Kier molecular flexibility index (Phi) is 6.84. The van der Waals surface area contributed by atoms with E-state index in [1.165, 1.54) is 17.4 Å². The van der Waals surface area contributed by atoms with Gasteiger partial charge in [0.2, 0.25) is 10.0 Å². The Morgan fingerprint density at radius 2 is 1.80 bits per heavy atom. The largest absolute Gasteiger partial charge is 0.343 e. The van der Waals surface area contributed by atoms with Crippen LogP contribution in [0.1, 0.15) is 26.5 Å². The molecule has 1 aromatic heterocycles. The van der Waals surface area contributed by atoms with Crippen molar-refractivity contribution in [2.24, 2.45) is 0 Å². The van der Waals surface area contributed by atoms with Gasteiger partial charge in [-0.15, -0.1) is 11.3 Å². The Morgan fingerprint density at radius 1 is 1.13 bits per heavy atom. The molecule has 2 aromatic carbocycles. The Bertz CT molecular complexity index is 1130. The number of amides is 1. The molecule has 0 aliphatic heterocycles. The molecule has 0 radical (unpaired) electrons. The van der Waals surface area contributed by atoms with E-state index in [4.69, 9.17) is 0 Å². The van der Waals surface area contributed by atoms with E-state index in [0.29, 0.717) is 35.1 Å². The summed E-state index contributed by atoms with van der Waals surface area (Å²) in [4.78, 5) is 19.3. The van der Waals surface area contributed by atoms with E-state index < -0.39 is 15.9 Å². The summed E-state index contributed by atoms with van der Waals surface area (Å²) in [6.45, 7) is 2.72. The molecule has 0 aliphatic carbocycles. The fourth-order valence-corrected chi connectivity index (χ4v) is 4.31. The molecule has 1 amide bonds. The zero-order valence-electron chi connectivity index (χ0n) is 16.6. The summed E-state index contributed by atoms with van der Waals surface area (Å²) in [6, 6.07) is 16.4. The number of nitrogens with one attached hydrogen (secondary N) is 1. The van der Waals surface area contributed by atoms with Crippen molar-refractivity contribution in [2.75, 3.05) is 17.7 Å². The van der Waals surface area contributed by atoms with Crippen LogP contribution in [0, 0.1) is 12.7 Å². The first-order valence-corrected chi connectivity index (χ1v) is 12.0. The highest BCUT2D eigenvalue weighted by atomic mass is 32.2. The van der Waals surface area contributed by atoms with E-state index in [2.05, 4.69) is 4.98 Å². The predicted octanol–water partition coefficient (Wildman–Crippen LogP) is 3.53. The standard InChI is InChI=1S/C21H22FN3O3S2/c1-15-19(20(26)24-30(2,27)28)23-21(29-15)25(14-16-8-4-3-5-9-16)13-12-17-10-6-7-11-18(17)22/h3-11H,12-14H2,1-2H3,(H,24,26). The first-order valence-electron chi connectivity index (χ1n) is 9.25. The van der Waals surface area contributed by atoms with Crippen molar-refractivity contribution in [3.63, 3.8) is 0 Å². The van der Waals surface area contributed by atoms with Gasteiger partial charge in [-0.3, -0.25) is 4.79 Å². The van der Waals surface area contributed by atoms with Gasteiger partial charge in [0.1, 0.15) is 11.5 Å². The molecule has 0 bridgehead atoms. The average molecular weight is 448 g/mol. The van der Waals surface area contributed by atoms with Crippen molar-refractivity contribution in [2.45, 2.75) is 19.9 Å². The Hall–Kier alpha value is -2.78. The van der Waals surface area contributed by atoms with Crippen LogP contribution < -0.4 is 9.62 Å². The van der Waals surface area contributed by atoms with Crippen molar-refractivity contribution >= 4 is 32.4 Å². The highest BCUT2D eigenvalue weighted by Crippen LogP contribution is 2.27. The topological polar surface area (TPSA) is 79.4 Å². The SMILES string of the molecule is Cc1sc(N(CCc2ccccc2F)Cc2ccccc2)nc1C(=O)NS(C)(=O)=O. The van der Waals surface area contributed by atoms with Crippen LogP contribution in [0.15, 0.2) is 54.6 Å². The molecular weight excluding hydrogens is 425 g/mol. The Balaban J connectivity index is 1.87. The molecule has 3 rings (SSSR count). The quantitative estimate of drug-likeness (QED) is 0.572. The van der Waals surface area contributed by atoms with Gasteiger partial charge in [0.05, 0.1) is 6.26 Å². The molecule has 3 aromatic rings. The third-order valence-corrected chi connectivity index (χ3v) is 5.96. The summed E-state index contributed by atoms with van der Waals surface area (Å²) in [7, 11) is -3.69. The monoisotopic (exact) mass is 447 g/mol. The van der Waals surface area contributed by atoms with Crippen molar-refractivity contribution in [1.82, 2.24) is 9.71 Å². The maximum Gasteiger partial charge on any atom is 0.284 e. The van der Waals surface area contributed by atoms with E-state index in [-0.39, 0.29) is 11.5 Å². The second-order valence-electron chi connectivity index (χ2n) is 6.85. The summed E-state index contributed by atoms with van der Waals surface area (Å²) in [5, 5.41) is 0.575. The minimum absolute atomic E-state index is 0.0735. The number of carbonyl (C=O) groups is 1. The van der Waals surface area contributed by atoms with E-state index in [1.54, 1.807) is 25.1 Å². The van der Waals surface area contributed by atoms with Crippen LogP contribution in [0.3, 0.4) is 0 Å². The lowest BCUT2D eigenvalue weighted by Gasteiger charge is -2.22. The van der Waals surface area contributed by atoms with Gasteiger partial charge >= 0.3 is 0 Å². The second kappa shape index (κ2) is 9.36. The highest BCUT2D eigenvalue weighted by molar-refractivity contribution is 7.89. The van der Waals surface area contributed by atoms with Gasteiger partial charge in [0, 0.05) is 18.0 Å². The summed E-state index contributed by atoms with van der Waals surface area (Å²) in [5.74, 6) is -1.02. The fraction of sp³-hybridized carbons (Fsp3) is 0.238. The van der Waals surface area contributed by atoms with Gasteiger partial charge < -0.3 is 4.90 Å². The molecular formula is C21H22FN3O3S2. The molecule has 0 aliphatic rings. The number of rotatable bonds is 8. The molecule has 0 fully saturated rings. The van der Waals surface area contributed by atoms with Crippen molar-refractivity contribution in [3.8, 4) is 0 Å². The molecule has 1 heterocycles. The normalized spacial score (nSPS) is 11.3. The minimum Gasteiger partial charge on any atom is -0.343 e. The van der Waals surface area contributed by atoms with Crippen molar-refractivity contribution < 1.29 is 17.6 Å². The van der Waals surface area contributed by atoms with Gasteiger partial charge in [-0.05, 0) is 30.5 Å². The number of carbonyl (C=O) groups excluding carboxylic acids is 1. The van der Waals surface area contributed by atoms with Crippen LogP contribution in [0.4, 0.5) is 9.52 Å². The maximum atomic E-state index is 14.1. The Labute approximate surface area is 179 Å². The summed E-state index contributed by atoms with van der Waals surface area (Å²) >= 11 is 1.30. The van der Waals surface area contributed by atoms with Crippen LogP contribution in [0.25, 0.3) is 0 Å². The minimum atomic E-state index is -3.69. The number of sulfonamides is 1. The maximum absolute atomic E-state index is 14.1. The first-order chi connectivity index (χ1) is 14.2. The lowest BCUT2D eigenvalue weighted by atomic mass is 10.1. The number of anilines is 1. The van der Waals surface area contributed by atoms with E-state index >= 15 is 0 Å². The molecule has 0 saturated carbocycles. The van der Waals surface area contributed by atoms with E-state index in [0.717, 1.165) is 11.8 Å². The van der Waals surface area contributed by atoms with E-state index in [1.807, 2.05) is 40.0 Å². The number of aromatic nitrogens is 1. The van der Waals surface area contributed by atoms with Gasteiger partial charge in [0.15, 0.2) is 5.13 Å². The predicted molar refractivity (Wildman–Crippen MR) is 117 cm³/mol. The fourth-order valence-electron chi connectivity index (χ4n) is 2.95. The molecule has 0 spiro atoms. The smallest absolute Gasteiger partial charge is 0.284 e. The number of thiazole rings is 1. The molecule has 30 heavy (non-hydrogen) atoms. The lowest BCUT2D eigenvalue weighted by Crippen LogP contribution is -2.30. The third-order valence-electron chi connectivity index (χ3n) is 4.37. The second-order valence-corrected chi connectivity index (χ2v) is 9.78. The molecule has 1 N–H and O–H groups in total. The third kappa shape index (κ3) is 5.87. The summed E-state index contributed by atoms with van der Waals surface area (Å²) in [5.41, 5.74) is 1.71. The molecule has 6 nitrogen and oxygen atoms in total. The zero-order valence-corrected chi connectivity index (χ0v) is 18.3. The van der Waals surface area contributed by atoms with Crippen molar-refractivity contribution in [3.05, 3.63) is 82.1 Å². The summed E-state index contributed by atoms with van der Waals surface area (Å²) in [6.07, 6.45) is 1.38. The van der Waals surface area contributed by atoms with Crippen LogP contribution in [-0.4, -0.2) is 32.1 Å². The number of hydrogen-bond donors (Lipinski definition) is 1. The zero-order chi connectivity index (χ0) is 21.7. The van der Waals surface area contributed by atoms with Crippen LogP contribution in [0.2, 0.25) is 0 Å². The number of nitrogens with zero attached hydrogens (tertiary/aromatic N) is 2. The average Bonchev–Trinajstić information content (AvgIpc) is 3.07. The Morgan fingerprint density at radius 3 is 2.47 bits per heavy atom. The molecule has 9 heteroatoms. The first kappa shape index (κ1) is 21.9. The molecule has 0 unspecified atom stereocenters. The highest BCUT2D eigenvalue weighted by Gasteiger charge is 2.21. The van der Waals surface area contributed by atoms with Gasteiger partial charge in [0.25, 0.3) is 5.91 Å². The number of halogens is 1. The van der Waals surface area contributed by atoms with E-state index in [9.17, 15) is 17.6 Å². The molecule has 0 atom stereocenters.